The topological polar surface area (TPSA) is 18.5 Å². The summed E-state index contributed by atoms with van der Waals surface area (Å²) in [4.78, 5) is 0. The van der Waals surface area contributed by atoms with E-state index >= 15 is 0 Å². The van der Waals surface area contributed by atoms with Crippen molar-refractivity contribution in [3.05, 3.63) is 0 Å². The Morgan fingerprint density at radius 1 is 1.00 bits per heavy atom. The quantitative estimate of drug-likeness (QED) is 0.741. The van der Waals surface area contributed by atoms with Crippen LogP contribution in [0.15, 0.2) is 0 Å². The van der Waals surface area contributed by atoms with Gasteiger partial charge in [-0.05, 0) is 0 Å². The molecule has 0 spiro atoms. The van der Waals surface area contributed by atoms with Crippen LogP contribution in [0.1, 0.15) is 13.8 Å². The van der Waals surface area contributed by atoms with E-state index in [9.17, 15) is 0 Å². The fourth-order valence-electron chi connectivity index (χ4n) is 0.143. The van der Waals surface area contributed by atoms with Crippen molar-refractivity contribution >= 4 is 34.0 Å². The minimum absolute atomic E-state index is 0. The molecule has 0 aliphatic carbocycles. The maximum absolute atomic E-state index is 4.95. The van der Waals surface area contributed by atoms with Gasteiger partial charge >= 0.3 is 51.4 Å². The standard InChI is InChI=1S/2C2H5O.2BrH.V/c2*1-2-3;;;/h2*2H2,1H3;2*1H;/q2*-1;;;+2. The first-order chi connectivity index (χ1) is 3.41. The Labute approximate surface area is 85.0 Å². The summed E-state index contributed by atoms with van der Waals surface area (Å²) in [5.41, 5.74) is 0. The summed E-state index contributed by atoms with van der Waals surface area (Å²) < 4.78 is 9.89. The molecule has 9 heavy (non-hydrogen) atoms. The van der Waals surface area contributed by atoms with Crippen LogP contribution in [0.5, 0.6) is 0 Å². The second-order valence-corrected chi connectivity index (χ2v) is 1.95. The van der Waals surface area contributed by atoms with Crippen molar-refractivity contribution in [3.63, 3.8) is 0 Å². The molecule has 0 heterocycles. The maximum atomic E-state index is 4.95. The Kier molecular flexibility index (Phi) is 30.3. The van der Waals surface area contributed by atoms with Crippen LogP contribution >= 0.6 is 34.0 Å². The molecule has 0 amide bonds. The van der Waals surface area contributed by atoms with Gasteiger partial charge in [0.15, 0.2) is 0 Å². The van der Waals surface area contributed by atoms with Gasteiger partial charge in [-0.25, -0.2) is 0 Å². The first-order valence-corrected chi connectivity index (χ1v) is 3.50. The van der Waals surface area contributed by atoms with Crippen LogP contribution in [0.2, 0.25) is 0 Å². The molecule has 0 aromatic heterocycles. The molecule has 0 unspecified atom stereocenters. The Balaban J connectivity index is -0.000000180. The van der Waals surface area contributed by atoms with E-state index in [0.717, 1.165) is 13.2 Å². The van der Waals surface area contributed by atoms with Crippen molar-refractivity contribution in [1.82, 2.24) is 0 Å². The molecule has 0 rings (SSSR count). The number of hydrogen-bond acceptors (Lipinski definition) is 2. The van der Waals surface area contributed by atoms with Crippen molar-refractivity contribution in [3.8, 4) is 0 Å². The molecular formula is C4H12Br2O2V. The molecule has 0 fully saturated rings. The summed E-state index contributed by atoms with van der Waals surface area (Å²) in [7, 11) is 0. The predicted molar refractivity (Wildman–Crippen MR) is 43.9 cm³/mol. The summed E-state index contributed by atoms with van der Waals surface area (Å²) in [5.74, 6) is 0. The molecule has 5 heteroatoms. The normalized spacial score (nSPS) is 6.89. The van der Waals surface area contributed by atoms with Crippen molar-refractivity contribution < 1.29 is 24.3 Å². The fourth-order valence-corrected chi connectivity index (χ4v) is 0.588. The molecule has 0 aromatic carbocycles. The van der Waals surface area contributed by atoms with Crippen LogP contribution in [0.25, 0.3) is 0 Å². The Bertz CT molecular complexity index is 35.7. The Morgan fingerprint density at radius 2 is 1.33 bits per heavy atom. The molecule has 0 saturated carbocycles. The van der Waals surface area contributed by atoms with Gasteiger partial charge in [-0.1, -0.05) is 0 Å². The van der Waals surface area contributed by atoms with Gasteiger partial charge in [-0.15, -0.1) is 34.0 Å². The van der Waals surface area contributed by atoms with Gasteiger partial charge in [0.1, 0.15) is 0 Å². The average Bonchev–Trinajstić information content (AvgIpc) is 1.69. The zero-order chi connectivity index (χ0) is 5.54. The summed E-state index contributed by atoms with van der Waals surface area (Å²) in [6.07, 6.45) is 0. The number of rotatable bonds is 4. The van der Waals surface area contributed by atoms with Crippen molar-refractivity contribution in [2.75, 3.05) is 13.2 Å². The van der Waals surface area contributed by atoms with E-state index in [4.69, 9.17) is 7.32 Å². The third-order valence-electron chi connectivity index (χ3n) is 0.364. The SMILES string of the molecule is Br.Br.CC[O][V][O]CC. The van der Waals surface area contributed by atoms with Gasteiger partial charge in [0.2, 0.25) is 0 Å². The van der Waals surface area contributed by atoms with Gasteiger partial charge in [0.25, 0.3) is 0 Å². The van der Waals surface area contributed by atoms with Crippen LogP contribution in [0.4, 0.5) is 0 Å². The minimum atomic E-state index is -0.255. The average molecular weight is 303 g/mol. The molecule has 0 N–H and O–H groups in total. The van der Waals surface area contributed by atoms with Gasteiger partial charge in [-0.3, -0.25) is 0 Å². The van der Waals surface area contributed by atoms with Crippen molar-refractivity contribution in [2.45, 2.75) is 13.8 Å². The van der Waals surface area contributed by atoms with E-state index in [1.807, 2.05) is 13.8 Å². The molecule has 59 valence electrons. The van der Waals surface area contributed by atoms with Gasteiger partial charge in [0, 0.05) is 0 Å². The van der Waals surface area contributed by atoms with Crippen molar-refractivity contribution in [2.24, 2.45) is 0 Å². The van der Waals surface area contributed by atoms with Crippen molar-refractivity contribution in [1.29, 1.82) is 0 Å². The van der Waals surface area contributed by atoms with Gasteiger partial charge in [-0.2, -0.15) is 0 Å². The molecule has 0 aromatic rings. The summed E-state index contributed by atoms with van der Waals surface area (Å²) in [6.45, 7) is 5.49. The second kappa shape index (κ2) is 16.2. The van der Waals surface area contributed by atoms with E-state index in [1.54, 1.807) is 0 Å². The molecular weight excluding hydrogens is 291 g/mol. The Hall–Kier alpha value is 1.46. The van der Waals surface area contributed by atoms with E-state index in [2.05, 4.69) is 0 Å². The molecule has 0 saturated heterocycles. The molecule has 2 nitrogen and oxygen atoms in total. The molecule has 0 aliphatic heterocycles. The van der Waals surface area contributed by atoms with Crippen LogP contribution in [-0.4, -0.2) is 13.2 Å². The summed E-state index contributed by atoms with van der Waals surface area (Å²) >= 11 is -0.255. The van der Waals surface area contributed by atoms with Gasteiger partial charge < -0.3 is 0 Å². The van der Waals surface area contributed by atoms with Crippen LogP contribution in [0.3, 0.4) is 0 Å². The molecule has 0 bridgehead atoms. The van der Waals surface area contributed by atoms with Gasteiger partial charge in [0.05, 0.1) is 0 Å². The second-order valence-electron chi connectivity index (χ2n) is 0.910. The first-order valence-electron chi connectivity index (χ1n) is 2.36. The van der Waals surface area contributed by atoms with E-state index in [1.165, 1.54) is 0 Å². The van der Waals surface area contributed by atoms with E-state index in [0.29, 0.717) is 0 Å². The van der Waals surface area contributed by atoms with Crippen LogP contribution in [-0.2, 0) is 24.3 Å². The van der Waals surface area contributed by atoms with E-state index in [-0.39, 0.29) is 51.0 Å². The van der Waals surface area contributed by atoms with E-state index < -0.39 is 0 Å². The van der Waals surface area contributed by atoms with Crippen LogP contribution in [0, 0.1) is 0 Å². The monoisotopic (exact) mass is 301 g/mol. The zero-order valence-corrected chi connectivity index (χ0v) is 10.3. The molecule has 0 atom stereocenters. The van der Waals surface area contributed by atoms with Crippen LogP contribution < -0.4 is 0 Å². The fraction of sp³-hybridized carbons (Fsp3) is 1.00. The summed E-state index contributed by atoms with van der Waals surface area (Å²) in [6, 6.07) is 0. The predicted octanol–water partition coefficient (Wildman–Crippen LogP) is 2.13. The first kappa shape index (κ1) is 16.8. The Morgan fingerprint density at radius 3 is 1.56 bits per heavy atom. The third kappa shape index (κ3) is 17.7. The molecule has 0 radical (unpaired) electrons. The summed E-state index contributed by atoms with van der Waals surface area (Å²) in [5, 5.41) is 0. The number of hydrogen-bond donors (Lipinski definition) is 0. The zero-order valence-electron chi connectivity index (χ0n) is 5.49. The number of halogens is 2. The third-order valence-corrected chi connectivity index (χ3v) is 1.50. The molecule has 0 aliphatic rings.